The second-order valence-electron chi connectivity index (χ2n) is 4.19. The number of unbranched alkanes of at least 4 members (excludes halogenated alkanes) is 1. The molecule has 5 nitrogen and oxygen atoms in total. The molecule has 1 rings (SSSR count). The quantitative estimate of drug-likeness (QED) is 0.700. The van der Waals surface area contributed by atoms with Gasteiger partial charge < -0.3 is 15.2 Å². The highest BCUT2D eigenvalue weighted by Gasteiger charge is 2.07. The molecule has 0 fully saturated rings. The van der Waals surface area contributed by atoms with Crippen molar-refractivity contribution in [1.82, 2.24) is 5.32 Å². The monoisotopic (exact) mass is 265 g/mol. The van der Waals surface area contributed by atoms with E-state index in [-0.39, 0.29) is 18.7 Å². The highest BCUT2D eigenvalue weighted by molar-refractivity contribution is 5.79. The molecule has 1 aromatic rings. The Morgan fingerprint density at radius 1 is 1.26 bits per heavy atom. The van der Waals surface area contributed by atoms with Crippen molar-refractivity contribution in [3.05, 3.63) is 29.8 Å². The first kappa shape index (κ1) is 15.0. The molecule has 0 atom stereocenters. The van der Waals surface area contributed by atoms with E-state index in [0.29, 0.717) is 25.1 Å². The van der Waals surface area contributed by atoms with Crippen molar-refractivity contribution < 1.29 is 19.4 Å². The number of aliphatic carboxylic acids is 1. The first-order valence-electron chi connectivity index (χ1n) is 6.24. The van der Waals surface area contributed by atoms with Crippen LogP contribution in [0.3, 0.4) is 0 Å². The summed E-state index contributed by atoms with van der Waals surface area (Å²) in [6.07, 6.45) is 1.65. The van der Waals surface area contributed by atoms with Gasteiger partial charge in [-0.2, -0.15) is 0 Å². The van der Waals surface area contributed by atoms with Crippen molar-refractivity contribution in [2.24, 2.45) is 0 Å². The fraction of sp³-hybridized carbons (Fsp3) is 0.429. The van der Waals surface area contributed by atoms with Crippen LogP contribution in [0.25, 0.3) is 0 Å². The molecule has 1 amide bonds. The van der Waals surface area contributed by atoms with Crippen LogP contribution in [-0.2, 0) is 16.0 Å². The van der Waals surface area contributed by atoms with Crippen LogP contribution < -0.4 is 10.1 Å². The van der Waals surface area contributed by atoms with Crippen LogP contribution >= 0.6 is 0 Å². The molecule has 0 aliphatic heterocycles. The Hall–Kier alpha value is -2.04. The van der Waals surface area contributed by atoms with Crippen molar-refractivity contribution in [1.29, 1.82) is 0 Å². The minimum absolute atomic E-state index is 0.0835. The molecule has 2 N–H and O–H groups in total. The number of carbonyl (C=O) groups excluding carboxylic acids is 1. The summed E-state index contributed by atoms with van der Waals surface area (Å²) >= 11 is 0. The van der Waals surface area contributed by atoms with E-state index in [9.17, 15) is 9.59 Å². The van der Waals surface area contributed by atoms with Gasteiger partial charge in [0.25, 0.3) is 0 Å². The fourth-order valence-corrected chi connectivity index (χ4v) is 1.71. The maximum absolute atomic E-state index is 11.7. The van der Waals surface area contributed by atoms with E-state index in [1.165, 1.54) is 0 Å². The minimum atomic E-state index is -0.805. The van der Waals surface area contributed by atoms with Crippen molar-refractivity contribution in [3.63, 3.8) is 0 Å². The van der Waals surface area contributed by atoms with E-state index < -0.39 is 5.97 Å². The zero-order valence-corrected chi connectivity index (χ0v) is 11.0. The van der Waals surface area contributed by atoms with Crippen LogP contribution in [0.2, 0.25) is 0 Å². The van der Waals surface area contributed by atoms with Gasteiger partial charge in [-0.3, -0.25) is 9.59 Å². The van der Waals surface area contributed by atoms with Gasteiger partial charge in [0.05, 0.1) is 13.5 Å². The standard InChI is InChI=1S/C14H19NO4/c1-19-12-7-3-2-6-11(12)10-13(16)15-9-5-4-8-14(17)18/h2-3,6-7H,4-5,8-10H2,1H3,(H,15,16)(H,17,18). The first-order valence-corrected chi connectivity index (χ1v) is 6.24. The van der Waals surface area contributed by atoms with Gasteiger partial charge in [0, 0.05) is 18.5 Å². The van der Waals surface area contributed by atoms with Gasteiger partial charge in [0.1, 0.15) is 5.75 Å². The molecule has 1 aromatic carbocycles. The normalized spacial score (nSPS) is 9.95. The lowest BCUT2D eigenvalue weighted by atomic mass is 10.1. The van der Waals surface area contributed by atoms with Crippen molar-refractivity contribution in [3.8, 4) is 5.75 Å². The molecule has 0 spiro atoms. The van der Waals surface area contributed by atoms with E-state index in [2.05, 4.69) is 5.32 Å². The highest BCUT2D eigenvalue weighted by atomic mass is 16.5. The number of methoxy groups -OCH3 is 1. The maximum Gasteiger partial charge on any atom is 0.303 e. The lowest BCUT2D eigenvalue weighted by molar-refractivity contribution is -0.137. The summed E-state index contributed by atoms with van der Waals surface area (Å²) in [6.45, 7) is 0.501. The molecule has 19 heavy (non-hydrogen) atoms. The third-order valence-corrected chi connectivity index (χ3v) is 2.68. The number of benzene rings is 1. The Labute approximate surface area is 112 Å². The fourth-order valence-electron chi connectivity index (χ4n) is 1.71. The summed E-state index contributed by atoms with van der Waals surface area (Å²) in [5.74, 6) is -0.191. The summed E-state index contributed by atoms with van der Waals surface area (Å²) in [7, 11) is 1.57. The molecular formula is C14H19NO4. The zero-order valence-electron chi connectivity index (χ0n) is 11.0. The van der Waals surface area contributed by atoms with Gasteiger partial charge in [-0.15, -0.1) is 0 Å². The van der Waals surface area contributed by atoms with Crippen LogP contribution in [0.5, 0.6) is 5.75 Å². The number of nitrogens with one attached hydrogen (secondary N) is 1. The Balaban J connectivity index is 2.29. The predicted molar refractivity (Wildman–Crippen MR) is 71.2 cm³/mol. The SMILES string of the molecule is COc1ccccc1CC(=O)NCCCCC(=O)O. The lowest BCUT2D eigenvalue weighted by Crippen LogP contribution is -2.26. The molecule has 0 aliphatic rings. The average Bonchev–Trinajstić information content (AvgIpc) is 2.38. The number of ether oxygens (including phenoxy) is 1. The van der Waals surface area contributed by atoms with Crippen LogP contribution in [0, 0.1) is 0 Å². The number of hydrogen-bond donors (Lipinski definition) is 2. The van der Waals surface area contributed by atoms with Crippen LogP contribution in [0.15, 0.2) is 24.3 Å². The Morgan fingerprint density at radius 3 is 2.68 bits per heavy atom. The number of carboxylic acid groups (broad SMARTS) is 1. The van der Waals surface area contributed by atoms with Gasteiger partial charge in [-0.25, -0.2) is 0 Å². The van der Waals surface area contributed by atoms with Crippen molar-refractivity contribution >= 4 is 11.9 Å². The summed E-state index contributed by atoms with van der Waals surface area (Å²) in [5, 5.41) is 11.2. The summed E-state index contributed by atoms with van der Waals surface area (Å²) in [4.78, 5) is 22.0. The third-order valence-electron chi connectivity index (χ3n) is 2.68. The zero-order chi connectivity index (χ0) is 14.1. The first-order chi connectivity index (χ1) is 9.13. The second kappa shape index (κ2) is 8.13. The predicted octanol–water partition coefficient (Wildman–Crippen LogP) is 1.61. The van der Waals surface area contributed by atoms with Crippen LogP contribution in [-0.4, -0.2) is 30.6 Å². The molecule has 0 aromatic heterocycles. The maximum atomic E-state index is 11.7. The molecule has 0 heterocycles. The van der Waals surface area contributed by atoms with Gasteiger partial charge >= 0.3 is 5.97 Å². The molecule has 0 radical (unpaired) electrons. The van der Waals surface area contributed by atoms with Gasteiger partial charge in [0.2, 0.25) is 5.91 Å². The van der Waals surface area contributed by atoms with Crippen LogP contribution in [0.1, 0.15) is 24.8 Å². The number of carboxylic acids is 1. The Morgan fingerprint density at radius 2 is 2.00 bits per heavy atom. The molecule has 0 saturated heterocycles. The molecule has 0 aliphatic carbocycles. The topological polar surface area (TPSA) is 75.6 Å². The van der Waals surface area contributed by atoms with E-state index >= 15 is 0 Å². The lowest BCUT2D eigenvalue weighted by Gasteiger charge is -2.08. The van der Waals surface area contributed by atoms with Crippen molar-refractivity contribution in [2.45, 2.75) is 25.7 Å². The van der Waals surface area contributed by atoms with E-state index in [0.717, 1.165) is 5.56 Å². The third kappa shape index (κ3) is 5.90. The Kier molecular flexibility index (Phi) is 6.43. The van der Waals surface area contributed by atoms with Gasteiger partial charge in [0.15, 0.2) is 0 Å². The molecule has 0 bridgehead atoms. The van der Waals surface area contributed by atoms with E-state index in [1.807, 2.05) is 24.3 Å². The van der Waals surface area contributed by atoms with Gasteiger partial charge in [-0.05, 0) is 18.9 Å². The number of hydrogen-bond acceptors (Lipinski definition) is 3. The molecular weight excluding hydrogens is 246 g/mol. The average molecular weight is 265 g/mol. The number of para-hydroxylation sites is 1. The van der Waals surface area contributed by atoms with E-state index in [4.69, 9.17) is 9.84 Å². The number of amides is 1. The largest absolute Gasteiger partial charge is 0.496 e. The highest BCUT2D eigenvalue weighted by Crippen LogP contribution is 2.17. The minimum Gasteiger partial charge on any atom is -0.496 e. The second-order valence-corrected chi connectivity index (χ2v) is 4.19. The molecule has 0 saturated carbocycles. The van der Waals surface area contributed by atoms with Crippen LogP contribution in [0.4, 0.5) is 0 Å². The molecule has 104 valence electrons. The number of rotatable bonds is 8. The summed E-state index contributed by atoms with van der Waals surface area (Å²) in [6, 6.07) is 7.38. The number of carbonyl (C=O) groups is 2. The molecule has 0 unspecified atom stereocenters. The summed E-state index contributed by atoms with van der Waals surface area (Å²) in [5.41, 5.74) is 0.841. The van der Waals surface area contributed by atoms with Crippen molar-refractivity contribution in [2.75, 3.05) is 13.7 Å². The van der Waals surface area contributed by atoms with Gasteiger partial charge in [-0.1, -0.05) is 18.2 Å². The summed E-state index contributed by atoms with van der Waals surface area (Å²) < 4.78 is 5.17. The smallest absolute Gasteiger partial charge is 0.303 e. The Bertz CT molecular complexity index is 431. The van der Waals surface area contributed by atoms with E-state index in [1.54, 1.807) is 7.11 Å². The molecule has 5 heteroatoms.